The topological polar surface area (TPSA) is 45.4 Å². The molecule has 0 spiro atoms. The average Bonchev–Trinajstić information content (AvgIpc) is 2.47. The summed E-state index contributed by atoms with van der Waals surface area (Å²) < 4.78 is 0. The van der Waals surface area contributed by atoms with Crippen molar-refractivity contribution in [1.82, 2.24) is 9.88 Å². The molecule has 20 heavy (non-hydrogen) atoms. The summed E-state index contributed by atoms with van der Waals surface area (Å²) in [6.07, 6.45) is 2.41. The largest absolute Gasteiger partial charge is 0.399 e. The van der Waals surface area contributed by atoms with Gasteiger partial charge in [-0.05, 0) is 63.3 Å². The Kier molecular flexibility index (Phi) is 3.49. The average molecular weight is 270 g/mol. The molecule has 1 aliphatic heterocycles. The molecule has 0 unspecified atom stereocenters. The third kappa shape index (κ3) is 2.56. The number of pyridine rings is 1. The monoisotopic (exact) mass is 270 g/mol. The molecule has 0 radical (unpaired) electrons. The third-order valence-corrected chi connectivity index (χ3v) is 4.30. The fourth-order valence-electron chi connectivity index (χ4n) is 2.90. The summed E-state index contributed by atoms with van der Waals surface area (Å²) in [5, 5.41) is 1.10. The van der Waals surface area contributed by atoms with Crippen LogP contribution in [0, 0.1) is 0 Å². The highest BCUT2D eigenvalue weighted by atomic mass is 15.2. The van der Waals surface area contributed by atoms with Gasteiger partial charge in [0.15, 0.2) is 0 Å². The molecule has 0 amide bonds. The van der Waals surface area contributed by atoms with E-state index in [9.17, 15) is 0 Å². The predicted molar refractivity (Wildman–Crippen MR) is 85.1 cm³/mol. The Bertz CT molecular complexity index is 602. The van der Waals surface area contributed by atoms with Gasteiger partial charge < -0.3 is 15.5 Å². The molecule has 1 fully saturated rings. The van der Waals surface area contributed by atoms with E-state index < -0.39 is 0 Å². The first-order chi connectivity index (χ1) is 9.63. The molecule has 2 N–H and O–H groups in total. The lowest BCUT2D eigenvalue weighted by molar-refractivity contribution is 0.252. The van der Waals surface area contributed by atoms with E-state index in [1.54, 1.807) is 0 Å². The van der Waals surface area contributed by atoms with Gasteiger partial charge in [-0.25, -0.2) is 4.98 Å². The Morgan fingerprint density at radius 1 is 1.20 bits per heavy atom. The highest BCUT2D eigenvalue weighted by Gasteiger charge is 2.21. The van der Waals surface area contributed by atoms with Gasteiger partial charge in [-0.2, -0.15) is 0 Å². The Labute approximate surface area is 120 Å². The molecule has 0 bridgehead atoms. The molecule has 1 aromatic heterocycles. The Morgan fingerprint density at radius 3 is 2.70 bits per heavy atom. The summed E-state index contributed by atoms with van der Waals surface area (Å²) in [6.45, 7) is 2.33. The van der Waals surface area contributed by atoms with Crippen LogP contribution in [-0.2, 0) is 0 Å². The molecule has 4 nitrogen and oxygen atoms in total. The summed E-state index contributed by atoms with van der Waals surface area (Å²) >= 11 is 0. The normalized spacial score (nSPS) is 17.5. The number of aromatic nitrogens is 1. The van der Waals surface area contributed by atoms with Gasteiger partial charge in [-0.15, -0.1) is 0 Å². The zero-order valence-corrected chi connectivity index (χ0v) is 12.2. The van der Waals surface area contributed by atoms with E-state index >= 15 is 0 Å². The number of nitrogens with two attached hydrogens (primary N) is 1. The van der Waals surface area contributed by atoms with E-state index in [2.05, 4.69) is 36.0 Å². The second-order valence-electron chi connectivity index (χ2n) is 5.77. The maximum Gasteiger partial charge on any atom is 0.129 e. The Balaban J connectivity index is 1.84. The van der Waals surface area contributed by atoms with Crippen LogP contribution in [0.15, 0.2) is 30.3 Å². The first-order valence-electron chi connectivity index (χ1n) is 7.21. The van der Waals surface area contributed by atoms with Crippen LogP contribution in [0.2, 0.25) is 0 Å². The summed E-state index contributed by atoms with van der Waals surface area (Å²) in [7, 11) is 4.34. The first-order valence-corrected chi connectivity index (χ1v) is 7.21. The van der Waals surface area contributed by atoms with Crippen LogP contribution in [0.3, 0.4) is 0 Å². The zero-order chi connectivity index (χ0) is 14.1. The molecule has 106 valence electrons. The van der Waals surface area contributed by atoms with Crippen LogP contribution < -0.4 is 10.6 Å². The van der Waals surface area contributed by atoms with E-state index in [-0.39, 0.29) is 0 Å². The minimum Gasteiger partial charge on any atom is -0.399 e. The van der Waals surface area contributed by atoms with Gasteiger partial charge in [0.05, 0.1) is 5.52 Å². The summed E-state index contributed by atoms with van der Waals surface area (Å²) in [5.74, 6) is 1.05. The first kappa shape index (κ1) is 13.2. The van der Waals surface area contributed by atoms with Crippen LogP contribution in [0.1, 0.15) is 12.8 Å². The third-order valence-electron chi connectivity index (χ3n) is 4.30. The van der Waals surface area contributed by atoms with E-state index in [0.717, 1.165) is 22.4 Å². The molecule has 1 aliphatic rings. The lowest BCUT2D eigenvalue weighted by atomic mass is 10.0. The number of nitrogens with zero attached hydrogens (tertiary/aromatic N) is 3. The molecular formula is C16H22N4. The number of likely N-dealkylation sites (tertiary alicyclic amines) is 1. The van der Waals surface area contributed by atoms with Gasteiger partial charge in [-0.3, -0.25) is 0 Å². The maximum atomic E-state index is 5.81. The summed E-state index contributed by atoms with van der Waals surface area (Å²) in [4.78, 5) is 9.48. The van der Waals surface area contributed by atoms with Crippen molar-refractivity contribution < 1.29 is 0 Å². The van der Waals surface area contributed by atoms with Crippen molar-refractivity contribution in [3.8, 4) is 0 Å². The van der Waals surface area contributed by atoms with Crippen molar-refractivity contribution in [3.63, 3.8) is 0 Å². The molecule has 1 aromatic carbocycles. The quantitative estimate of drug-likeness (QED) is 0.851. The number of hydrogen-bond acceptors (Lipinski definition) is 4. The summed E-state index contributed by atoms with van der Waals surface area (Å²) in [5.41, 5.74) is 7.61. The molecule has 0 saturated carbocycles. The SMILES string of the molecule is CN1CCC(N(C)c2ccc3cc(N)ccc3n2)CC1. The number of piperidine rings is 1. The predicted octanol–water partition coefficient (Wildman–Crippen LogP) is 2.35. The van der Waals surface area contributed by atoms with Gasteiger partial charge in [0.25, 0.3) is 0 Å². The number of rotatable bonds is 2. The number of benzene rings is 1. The number of hydrogen-bond donors (Lipinski definition) is 1. The second-order valence-corrected chi connectivity index (χ2v) is 5.77. The van der Waals surface area contributed by atoms with E-state index in [1.165, 1.54) is 25.9 Å². The van der Waals surface area contributed by atoms with E-state index in [1.807, 2.05) is 18.2 Å². The Hall–Kier alpha value is -1.81. The number of anilines is 2. The molecule has 4 heteroatoms. The minimum absolute atomic E-state index is 0.588. The van der Waals surface area contributed by atoms with Crippen LogP contribution in [0.25, 0.3) is 10.9 Å². The van der Waals surface area contributed by atoms with Crippen LogP contribution in [0.5, 0.6) is 0 Å². The van der Waals surface area contributed by atoms with Crippen molar-refractivity contribution in [3.05, 3.63) is 30.3 Å². The van der Waals surface area contributed by atoms with Crippen molar-refractivity contribution in [2.45, 2.75) is 18.9 Å². The fourth-order valence-corrected chi connectivity index (χ4v) is 2.90. The van der Waals surface area contributed by atoms with Gasteiger partial charge in [0, 0.05) is 24.2 Å². The molecule has 3 rings (SSSR count). The molecule has 0 aliphatic carbocycles. The zero-order valence-electron chi connectivity index (χ0n) is 12.2. The molecular weight excluding hydrogens is 248 g/mol. The summed E-state index contributed by atoms with van der Waals surface area (Å²) in [6, 6.07) is 10.7. The standard InChI is InChI=1S/C16H22N4/c1-19-9-7-14(8-10-19)20(2)16-6-3-12-11-13(17)4-5-15(12)18-16/h3-6,11,14H,7-10,17H2,1-2H3. The number of fused-ring (bicyclic) bond motifs is 1. The van der Waals surface area contributed by atoms with Crippen molar-refractivity contribution in [1.29, 1.82) is 0 Å². The van der Waals surface area contributed by atoms with Gasteiger partial charge in [0.2, 0.25) is 0 Å². The highest BCUT2D eigenvalue weighted by molar-refractivity contribution is 5.83. The van der Waals surface area contributed by atoms with Gasteiger partial charge in [0.1, 0.15) is 5.82 Å². The van der Waals surface area contributed by atoms with E-state index in [0.29, 0.717) is 6.04 Å². The maximum absolute atomic E-state index is 5.81. The molecule has 1 saturated heterocycles. The van der Waals surface area contributed by atoms with Crippen LogP contribution in [0.4, 0.5) is 11.5 Å². The smallest absolute Gasteiger partial charge is 0.129 e. The minimum atomic E-state index is 0.588. The lowest BCUT2D eigenvalue weighted by Gasteiger charge is -2.35. The molecule has 2 aromatic rings. The Morgan fingerprint density at radius 2 is 1.95 bits per heavy atom. The van der Waals surface area contributed by atoms with Crippen LogP contribution in [-0.4, -0.2) is 43.1 Å². The van der Waals surface area contributed by atoms with Gasteiger partial charge in [-0.1, -0.05) is 0 Å². The van der Waals surface area contributed by atoms with Crippen molar-refractivity contribution in [2.75, 3.05) is 37.8 Å². The second kappa shape index (κ2) is 5.29. The van der Waals surface area contributed by atoms with Crippen LogP contribution >= 0.6 is 0 Å². The van der Waals surface area contributed by atoms with E-state index in [4.69, 9.17) is 10.7 Å². The highest BCUT2D eigenvalue weighted by Crippen LogP contribution is 2.23. The molecule has 0 atom stereocenters. The number of nitrogen functional groups attached to an aromatic ring is 1. The van der Waals surface area contributed by atoms with Gasteiger partial charge >= 0.3 is 0 Å². The fraction of sp³-hybridized carbons (Fsp3) is 0.438. The van der Waals surface area contributed by atoms with Crippen molar-refractivity contribution in [2.24, 2.45) is 0 Å². The molecule has 2 heterocycles. The lowest BCUT2D eigenvalue weighted by Crippen LogP contribution is -2.42. The van der Waals surface area contributed by atoms with Crippen molar-refractivity contribution >= 4 is 22.4 Å².